The van der Waals surface area contributed by atoms with Crippen LogP contribution in [0.4, 0.5) is 0 Å². The molecule has 0 amide bonds. The van der Waals surface area contributed by atoms with Crippen molar-refractivity contribution >= 4 is 6.29 Å². The molecule has 0 aliphatic carbocycles. The minimum Gasteiger partial charge on any atom is -0.381 e. The molecule has 0 N–H and O–H groups in total. The predicted molar refractivity (Wildman–Crippen MR) is 52.6 cm³/mol. The quantitative estimate of drug-likeness (QED) is 0.629. The van der Waals surface area contributed by atoms with Crippen molar-refractivity contribution in [3.8, 4) is 0 Å². The third-order valence-electron chi connectivity index (χ3n) is 3.57. The van der Waals surface area contributed by atoms with Crippen LogP contribution in [-0.2, 0) is 9.53 Å². The molecule has 0 aromatic heterocycles. The highest BCUT2D eigenvalue weighted by Crippen LogP contribution is 2.39. The average Bonchev–Trinajstić information content (AvgIpc) is 2.17. The second-order valence-electron chi connectivity index (χ2n) is 4.50. The van der Waals surface area contributed by atoms with Crippen LogP contribution in [0.15, 0.2) is 0 Å². The van der Waals surface area contributed by atoms with Crippen molar-refractivity contribution in [3.05, 3.63) is 0 Å². The first-order chi connectivity index (χ1) is 6.12. The summed E-state index contributed by atoms with van der Waals surface area (Å²) in [6.07, 6.45) is 2.96. The number of rotatable bonds is 3. The largest absolute Gasteiger partial charge is 0.381 e. The molecule has 1 aliphatic rings. The average molecular weight is 184 g/mol. The maximum atomic E-state index is 11.2. The molecule has 1 heterocycles. The van der Waals surface area contributed by atoms with Crippen molar-refractivity contribution in [1.82, 2.24) is 0 Å². The SMILES string of the molecule is CC(C)C(C)C1(C=O)CCOCC1. The van der Waals surface area contributed by atoms with E-state index >= 15 is 0 Å². The Kier molecular flexibility index (Phi) is 3.48. The van der Waals surface area contributed by atoms with E-state index in [0.717, 1.165) is 26.1 Å². The molecule has 1 unspecified atom stereocenters. The molecule has 0 aromatic carbocycles. The fraction of sp³-hybridized carbons (Fsp3) is 0.909. The standard InChI is InChI=1S/C11H20O2/c1-9(2)10(3)11(8-12)4-6-13-7-5-11/h8-10H,4-7H2,1-3H3. The van der Waals surface area contributed by atoms with Gasteiger partial charge in [0.2, 0.25) is 0 Å². The second-order valence-corrected chi connectivity index (χ2v) is 4.50. The van der Waals surface area contributed by atoms with Crippen molar-refractivity contribution < 1.29 is 9.53 Å². The Balaban J connectivity index is 2.72. The van der Waals surface area contributed by atoms with E-state index < -0.39 is 0 Å². The molecule has 0 bridgehead atoms. The van der Waals surface area contributed by atoms with Gasteiger partial charge < -0.3 is 9.53 Å². The van der Waals surface area contributed by atoms with Gasteiger partial charge in [-0.05, 0) is 24.7 Å². The molecule has 0 aromatic rings. The van der Waals surface area contributed by atoms with Crippen LogP contribution in [0.3, 0.4) is 0 Å². The van der Waals surface area contributed by atoms with Gasteiger partial charge in [-0.25, -0.2) is 0 Å². The number of ether oxygens (including phenoxy) is 1. The number of carbonyl (C=O) groups is 1. The zero-order chi connectivity index (χ0) is 9.90. The Morgan fingerprint density at radius 3 is 2.15 bits per heavy atom. The summed E-state index contributed by atoms with van der Waals surface area (Å²) in [6, 6.07) is 0. The molecular weight excluding hydrogens is 164 g/mol. The van der Waals surface area contributed by atoms with E-state index in [4.69, 9.17) is 4.74 Å². The summed E-state index contributed by atoms with van der Waals surface area (Å²) in [5.41, 5.74) is -0.105. The van der Waals surface area contributed by atoms with Crippen molar-refractivity contribution in [2.45, 2.75) is 33.6 Å². The maximum absolute atomic E-state index is 11.2. The molecule has 1 rings (SSSR count). The minimum atomic E-state index is -0.105. The fourth-order valence-corrected chi connectivity index (χ4v) is 2.10. The summed E-state index contributed by atoms with van der Waals surface area (Å²) < 4.78 is 5.30. The Morgan fingerprint density at radius 2 is 1.77 bits per heavy atom. The van der Waals surface area contributed by atoms with E-state index in [1.807, 2.05) is 0 Å². The first-order valence-corrected chi connectivity index (χ1v) is 5.16. The van der Waals surface area contributed by atoms with Gasteiger partial charge in [0, 0.05) is 18.6 Å². The molecular formula is C11H20O2. The summed E-state index contributed by atoms with van der Waals surface area (Å²) in [4.78, 5) is 11.2. The summed E-state index contributed by atoms with van der Waals surface area (Å²) in [5.74, 6) is 1.04. The molecule has 2 heteroatoms. The lowest BCUT2D eigenvalue weighted by molar-refractivity contribution is -0.127. The van der Waals surface area contributed by atoms with Crippen LogP contribution in [0.25, 0.3) is 0 Å². The van der Waals surface area contributed by atoms with Gasteiger partial charge >= 0.3 is 0 Å². The summed E-state index contributed by atoms with van der Waals surface area (Å²) in [5, 5.41) is 0. The predicted octanol–water partition coefficient (Wildman–Crippen LogP) is 2.27. The molecule has 0 radical (unpaired) electrons. The molecule has 1 atom stereocenters. The van der Waals surface area contributed by atoms with Crippen LogP contribution in [-0.4, -0.2) is 19.5 Å². The second kappa shape index (κ2) is 4.23. The van der Waals surface area contributed by atoms with Crippen LogP contribution in [0.2, 0.25) is 0 Å². The lowest BCUT2D eigenvalue weighted by Gasteiger charge is -2.39. The van der Waals surface area contributed by atoms with Crippen LogP contribution in [0.1, 0.15) is 33.6 Å². The Labute approximate surface area is 80.7 Å². The molecule has 1 saturated heterocycles. The zero-order valence-electron chi connectivity index (χ0n) is 8.88. The van der Waals surface area contributed by atoms with Crippen LogP contribution in [0.5, 0.6) is 0 Å². The molecule has 1 fully saturated rings. The van der Waals surface area contributed by atoms with Gasteiger partial charge in [-0.15, -0.1) is 0 Å². The Bertz CT molecular complexity index is 169. The van der Waals surface area contributed by atoms with Crippen molar-refractivity contribution in [3.63, 3.8) is 0 Å². The number of aldehydes is 1. The summed E-state index contributed by atoms with van der Waals surface area (Å²) in [7, 11) is 0. The first-order valence-electron chi connectivity index (χ1n) is 5.16. The highest BCUT2D eigenvalue weighted by atomic mass is 16.5. The number of hydrogen-bond donors (Lipinski definition) is 0. The third kappa shape index (κ3) is 2.11. The lowest BCUT2D eigenvalue weighted by atomic mass is 9.67. The first kappa shape index (κ1) is 10.7. The van der Waals surface area contributed by atoms with Gasteiger partial charge in [0.1, 0.15) is 6.29 Å². The van der Waals surface area contributed by atoms with Gasteiger partial charge in [-0.2, -0.15) is 0 Å². The zero-order valence-corrected chi connectivity index (χ0v) is 8.88. The molecule has 76 valence electrons. The highest BCUT2D eigenvalue weighted by Gasteiger charge is 2.38. The van der Waals surface area contributed by atoms with Crippen molar-refractivity contribution in [2.75, 3.05) is 13.2 Å². The van der Waals surface area contributed by atoms with Gasteiger partial charge in [0.05, 0.1) is 0 Å². The highest BCUT2D eigenvalue weighted by molar-refractivity contribution is 5.60. The monoisotopic (exact) mass is 184 g/mol. The molecule has 13 heavy (non-hydrogen) atoms. The molecule has 2 nitrogen and oxygen atoms in total. The maximum Gasteiger partial charge on any atom is 0.126 e. The van der Waals surface area contributed by atoms with Gasteiger partial charge in [0.25, 0.3) is 0 Å². The summed E-state index contributed by atoms with van der Waals surface area (Å²) >= 11 is 0. The lowest BCUT2D eigenvalue weighted by Crippen LogP contribution is -2.39. The van der Waals surface area contributed by atoms with Crippen LogP contribution in [0, 0.1) is 17.3 Å². The van der Waals surface area contributed by atoms with E-state index in [2.05, 4.69) is 20.8 Å². The van der Waals surface area contributed by atoms with Crippen molar-refractivity contribution in [2.24, 2.45) is 17.3 Å². The summed E-state index contributed by atoms with van der Waals surface area (Å²) in [6.45, 7) is 8.05. The van der Waals surface area contributed by atoms with Gasteiger partial charge in [-0.1, -0.05) is 20.8 Å². The normalized spacial score (nSPS) is 24.3. The van der Waals surface area contributed by atoms with Gasteiger partial charge in [-0.3, -0.25) is 0 Å². The number of carbonyl (C=O) groups excluding carboxylic acids is 1. The minimum absolute atomic E-state index is 0.105. The van der Waals surface area contributed by atoms with Crippen molar-refractivity contribution in [1.29, 1.82) is 0 Å². The smallest absolute Gasteiger partial charge is 0.126 e. The van der Waals surface area contributed by atoms with E-state index in [1.54, 1.807) is 0 Å². The number of hydrogen-bond acceptors (Lipinski definition) is 2. The van der Waals surface area contributed by atoms with E-state index in [-0.39, 0.29) is 5.41 Å². The molecule has 0 saturated carbocycles. The van der Waals surface area contributed by atoms with E-state index in [1.165, 1.54) is 6.29 Å². The van der Waals surface area contributed by atoms with Gasteiger partial charge in [0.15, 0.2) is 0 Å². The molecule has 0 spiro atoms. The third-order valence-corrected chi connectivity index (χ3v) is 3.57. The Hall–Kier alpha value is -0.370. The van der Waals surface area contributed by atoms with Crippen LogP contribution < -0.4 is 0 Å². The van der Waals surface area contributed by atoms with E-state index in [0.29, 0.717) is 11.8 Å². The fourth-order valence-electron chi connectivity index (χ4n) is 2.10. The Morgan fingerprint density at radius 1 is 1.23 bits per heavy atom. The molecule has 1 aliphatic heterocycles. The van der Waals surface area contributed by atoms with Crippen LogP contribution >= 0.6 is 0 Å². The van der Waals surface area contributed by atoms with E-state index in [9.17, 15) is 4.79 Å². The topological polar surface area (TPSA) is 26.3 Å².